The highest BCUT2D eigenvalue weighted by Gasteiger charge is 2.05. The van der Waals surface area contributed by atoms with Crippen LogP contribution < -0.4 is 0 Å². The largest absolute Gasteiger partial charge is 0.469 e. The van der Waals surface area contributed by atoms with E-state index in [1.165, 1.54) is 13.4 Å². The Kier molecular flexibility index (Phi) is 3.39. The second-order valence-corrected chi connectivity index (χ2v) is 2.42. The number of hydrogen-bond acceptors (Lipinski definition) is 5. The molecule has 0 aliphatic carbocycles. The van der Waals surface area contributed by atoms with E-state index < -0.39 is 0 Å². The lowest BCUT2D eigenvalue weighted by Crippen LogP contribution is -2.09. The third kappa shape index (κ3) is 2.51. The second kappa shape index (κ2) is 4.56. The van der Waals surface area contributed by atoms with Gasteiger partial charge in [0.1, 0.15) is 12.9 Å². The number of methoxy groups -OCH3 is 1. The first-order chi connectivity index (χ1) is 6.27. The van der Waals surface area contributed by atoms with Crippen LogP contribution in [-0.2, 0) is 22.7 Å². The summed E-state index contributed by atoms with van der Waals surface area (Å²) in [5.41, 5.74) is 0. The van der Waals surface area contributed by atoms with Crippen LogP contribution in [0.5, 0.6) is 0 Å². The Bertz CT molecular complexity index is 284. The Labute approximate surface area is 75.2 Å². The molecule has 6 nitrogen and oxygen atoms in total. The SMILES string of the molecule is COC(=O)CCn1cnnc1CO. The van der Waals surface area contributed by atoms with E-state index in [-0.39, 0.29) is 19.0 Å². The van der Waals surface area contributed by atoms with E-state index in [0.29, 0.717) is 12.4 Å². The third-order valence-corrected chi connectivity index (χ3v) is 1.62. The number of esters is 1. The summed E-state index contributed by atoms with van der Waals surface area (Å²) in [5, 5.41) is 16.0. The lowest BCUT2D eigenvalue weighted by Gasteiger charge is -2.02. The van der Waals surface area contributed by atoms with E-state index in [1.807, 2.05) is 0 Å². The van der Waals surface area contributed by atoms with Gasteiger partial charge in [-0.2, -0.15) is 0 Å². The molecule has 1 N–H and O–H groups in total. The molecular formula is C7H11N3O3. The Balaban J connectivity index is 2.49. The molecule has 1 rings (SSSR count). The second-order valence-electron chi connectivity index (χ2n) is 2.42. The molecular weight excluding hydrogens is 174 g/mol. The van der Waals surface area contributed by atoms with Crippen LogP contribution in [0.3, 0.4) is 0 Å². The fourth-order valence-corrected chi connectivity index (χ4v) is 0.902. The standard InChI is InChI=1S/C7H11N3O3/c1-13-7(12)2-3-10-5-8-9-6(10)4-11/h5,11H,2-4H2,1H3. The Hall–Kier alpha value is -1.43. The monoisotopic (exact) mass is 185 g/mol. The van der Waals surface area contributed by atoms with Crippen molar-refractivity contribution < 1.29 is 14.6 Å². The molecule has 0 spiro atoms. The zero-order valence-corrected chi connectivity index (χ0v) is 7.30. The smallest absolute Gasteiger partial charge is 0.307 e. The predicted octanol–water partition coefficient (Wildman–Crippen LogP) is -0.667. The van der Waals surface area contributed by atoms with Gasteiger partial charge < -0.3 is 14.4 Å². The molecule has 6 heteroatoms. The molecule has 0 saturated carbocycles. The van der Waals surface area contributed by atoms with Crippen molar-refractivity contribution in [3.63, 3.8) is 0 Å². The average Bonchev–Trinajstić information content (AvgIpc) is 2.61. The number of aliphatic hydroxyl groups is 1. The first kappa shape index (κ1) is 9.66. The molecule has 0 saturated heterocycles. The van der Waals surface area contributed by atoms with Crippen molar-refractivity contribution in [2.24, 2.45) is 0 Å². The van der Waals surface area contributed by atoms with Gasteiger partial charge in [-0.05, 0) is 0 Å². The number of aromatic nitrogens is 3. The first-order valence-electron chi connectivity index (χ1n) is 3.82. The van der Waals surface area contributed by atoms with Crippen molar-refractivity contribution in [1.82, 2.24) is 14.8 Å². The van der Waals surface area contributed by atoms with Crippen LogP contribution in [0.15, 0.2) is 6.33 Å². The van der Waals surface area contributed by atoms with Gasteiger partial charge in [-0.15, -0.1) is 10.2 Å². The molecule has 0 amide bonds. The van der Waals surface area contributed by atoms with Gasteiger partial charge in [-0.3, -0.25) is 4.79 Å². The van der Waals surface area contributed by atoms with Crippen LogP contribution in [0.1, 0.15) is 12.2 Å². The summed E-state index contributed by atoms with van der Waals surface area (Å²) in [6, 6.07) is 0. The van der Waals surface area contributed by atoms with E-state index >= 15 is 0 Å². The molecule has 0 bridgehead atoms. The molecule has 0 fully saturated rings. The fraction of sp³-hybridized carbons (Fsp3) is 0.571. The maximum Gasteiger partial charge on any atom is 0.307 e. The van der Waals surface area contributed by atoms with Gasteiger partial charge in [0.15, 0.2) is 5.82 Å². The Morgan fingerprint density at radius 1 is 1.77 bits per heavy atom. The molecule has 0 radical (unpaired) electrons. The number of rotatable bonds is 4. The number of aryl methyl sites for hydroxylation is 1. The molecule has 13 heavy (non-hydrogen) atoms. The Morgan fingerprint density at radius 2 is 2.54 bits per heavy atom. The highest BCUT2D eigenvalue weighted by molar-refractivity contribution is 5.68. The highest BCUT2D eigenvalue weighted by Crippen LogP contribution is 1.97. The van der Waals surface area contributed by atoms with E-state index in [0.717, 1.165) is 0 Å². The Morgan fingerprint density at radius 3 is 3.15 bits per heavy atom. The molecule has 0 atom stereocenters. The van der Waals surface area contributed by atoms with Crippen molar-refractivity contribution in [2.45, 2.75) is 19.6 Å². The zero-order valence-electron chi connectivity index (χ0n) is 7.30. The fourth-order valence-electron chi connectivity index (χ4n) is 0.902. The molecule has 0 unspecified atom stereocenters. The minimum Gasteiger partial charge on any atom is -0.469 e. The van der Waals surface area contributed by atoms with Gasteiger partial charge in [0.2, 0.25) is 0 Å². The van der Waals surface area contributed by atoms with Gasteiger partial charge >= 0.3 is 5.97 Å². The van der Waals surface area contributed by atoms with E-state index in [2.05, 4.69) is 14.9 Å². The van der Waals surface area contributed by atoms with Gasteiger partial charge in [-0.1, -0.05) is 0 Å². The van der Waals surface area contributed by atoms with Gasteiger partial charge in [0.25, 0.3) is 0 Å². The summed E-state index contributed by atoms with van der Waals surface area (Å²) in [5.74, 6) is 0.154. The lowest BCUT2D eigenvalue weighted by atomic mass is 10.4. The molecule has 72 valence electrons. The van der Waals surface area contributed by atoms with Crippen molar-refractivity contribution in [3.8, 4) is 0 Å². The number of ether oxygens (including phenoxy) is 1. The lowest BCUT2D eigenvalue weighted by molar-refractivity contribution is -0.140. The molecule has 0 aliphatic heterocycles. The molecule has 1 heterocycles. The van der Waals surface area contributed by atoms with Gasteiger partial charge in [0.05, 0.1) is 13.5 Å². The van der Waals surface area contributed by atoms with Crippen molar-refractivity contribution in [2.75, 3.05) is 7.11 Å². The van der Waals surface area contributed by atoms with Crippen molar-refractivity contribution >= 4 is 5.97 Å². The van der Waals surface area contributed by atoms with Crippen LogP contribution in [0.4, 0.5) is 0 Å². The number of nitrogens with zero attached hydrogens (tertiary/aromatic N) is 3. The molecule has 1 aromatic heterocycles. The maximum absolute atomic E-state index is 10.8. The van der Waals surface area contributed by atoms with Gasteiger partial charge in [-0.25, -0.2) is 0 Å². The summed E-state index contributed by atoms with van der Waals surface area (Å²) in [7, 11) is 1.33. The number of carbonyl (C=O) groups is 1. The third-order valence-electron chi connectivity index (χ3n) is 1.62. The molecule has 1 aromatic rings. The summed E-state index contributed by atoms with van der Waals surface area (Å²) >= 11 is 0. The average molecular weight is 185 g/mol. The van der Waals surface area contributed by atoms with Crippen molar-refractivity contribution in [1.29, 1.82) is 0 Å². The molecule has 0 aromatic carbocycles. The van der Waals surface area contributed by atoms with Crippen LogP contribution >= 0.6 is 0 Å². The summed E-state index contributed by atoms with van der Waals surface area (Å²) < 4.78 is 6.07. The summed E-state index contributed by atoms with van der Waals surface area (Å²) in [6.07, 6.45) is 1.72. The first-order valence-corrected chi connectivity index (χ1v) is 3.82. The number of carbonyl (C=O) groups excluding carboxylic acids is 1. The minimum absolute atomic E-state index is 0.179. The summed E-state index contributed by atoms with van der Waals surface area (Å²) in [6.45, 7) is 0.247. The van der Waals surface area contributed by atoms with Crippen LogP contribution in [0, 0.1) is 0 Å². The van der Waals surface area contributed by atoms with Gasteiger partial charge in [0, 0.05) is 6.54 Å². The van der Waals surface area contributed by atoms with Crippen LogP contribution in [0.2, 0.25) is 0 Å². The minimum atomic E-state index is -0.294. The van der Waals surface area contributed by atoms with Crippen molar-refractivity contribution in [3.05, 3.63) is 12.2 Å². The normalized spacial score (nSPS) is 10.0. The van der Waals surface area contributed by atoms with E-state index in [1.54, 1.807) is 4.57 Å². The quantitative estimate of drug-likeness (QED) is 0.630. The van der Waals surface area contributed by atoms with Crippen LogP contribution in [0.25, 0.3) is 0 Å². The highest BCUT2D eigenvalue weighted by atomic mass is 16.5. The van der Waals surface area contributed by atoms with Crippen LogP contribution in [-0.4, -0.2) is 33.0 Å². The predicted molar refractivity (Wildman–Crippen MR) is 42.6 cm³/mol. The number of hydrogen-bond donors (Lipinski definition) is 1. The maximum atomic E-state index is 10.8. The molecule has 0 aliphatic rings. The zero-order chi connectivity index (χ0) is 9.68. The number of aliphatic hydroxyl groups excluding tert-OH is 1. The van der Waals surface area contributed by atoms with E-state index in [9.17, 15) is 4.79 Å². The summed E-state index contributed by atoms with van der Waals surface area (Å²) in [4.78, 5) is 10.8. The van der Waals surface area contributed by atoms with E-state index in [4.69, 9.17) is 5.11 Å². The topological polar surface area (TPSA) is 77.2 Å².